The van der Waals surface area contributed by atoms with E-state index in [1.807, 2.05) is 0 Å². The van der Waals surface area contributed by atoms with E-state index in [2.05, 4.69) is 9.17 Å². The number of hydrogen-bond acceptors (Lipinski definition) is 4. The molecule has 0 radical (unpaired) electrons. The molecular formula is C9H7F4NO3S. The second-order valence-corrected chi connectivity index (χ2v) is 4.54. The van der Waals surface area contributed by atoms with Crippen LogP contribution in [0.15, 0.2) is 24.4 Å². The highest BCUT2D eigenvalue weighted by Gasteiger charge is 2.48. The van der Waals surface area contributed by atoms with Gasteiger partial charge in [-0.1, -0.05) is 0 Å². The van der Waals surface area contributed by atoms with Crippen LogP contribution >= 0.6 is 0 Å². The molecule has 0 unspecified atom stereocenters. The third-order valence-electron chi connectivity index (χ3n) is 1.76. The Balaban J connectivity index is 3.05. The Labute approximate surface area is 100 Å². The Morgan fingerprint density at radius 3 is 2.39 bits per heavy atom. The first kappa shape index (κ1) is 14.4. The first-order valence-electron chi connectivity index (χ1n) is 4.46. The van der Waals surface area contributed by atoms with Crippen molar-refractivity contribution in [3.63, 3.8) is 0 Å². The van der Waals surface area contributed by atoms with E-state index in [0.29, 0.717) is 0 Å². The lowest BCUT2D eigenvalue weighted by molar-refractivity contribution is -0.0509. The molecule has 0 N–H and O–H groups in total. The van der Waals surface area contributed by atoms with Crippen molar-refractivity contribution in [3.8, 4) is 0 Å². The Bertz CT molecular complexity index is 548. The van der Waals surface area contributed by atoms with Gasteiger partial charge in [0.25, 0.3) is 0 Å². The molecule has 0 saturated heterocycles. The van der Waals surface area contributed by atoms with Crippen molar-refractivity contribution >= 4 is 15.9 Å². The van der Waals surface area contributed by atoms with E-state index in [4.69, 9.17) is 0 Å². The van der Waals surface area contributed by atoms with Crippen molar-refractivity contribution in [2.45, 2.75) is 12.4 Å². The van der Waals surface area contributed by atoms with Crippen LogP contribution < -0.4 is 0 Å². The van der Waals surface area contributed by atoms with Gasteiger partial charge in [-0.05, 0) is 25.1 Å². The summed E-state index contributed by atoms with van der Waals surface area (Å²) >= 11 is 0. The summed E-state index contributed by atoms with van der Waals surface area (Å²) in [5.41, 5.74) is -5.62. The van der Waals surface area contributed by atoms with E-state index in [0.717, 1.165) is 24.4 Å². The van der Waals surface area contributed by atoms with Gasteiger partial charge in [-0.25, -0.2) is 4.98 Å². The summed E-state index contributed by atoms with van der Waals surface area (Å²) in [5, 5.41) is 0. The van der Waals surface area contributed by atoms with E-state index in [9.17, 15) is 26.0 Å². The zero-order chi connectivity index (χ0) is 14.0. The van der Waals surface area contributed by atoms with Crippen LogP contribution in [0, 0.1) is 5.95 Å². The fourth-order valence-electron chi connectivity index (χ4n) is 0.950. The van der Waals surface area contributed by atoms with Gasteiger partial charge in [0.15, 0.2) is 0 Å². The fourth-order valence-corrected chi connectivity index (χ4v) is 1.47. The van der Waals surface area contributed by atoms with Gasteiger partial charge in [0.2, 0.25) is 5.95 Å². The van der Waals surface area contributed by atoms with Crippen molar-refractivity contribution < 1.29 is 30.2 Å². The number of alkyl halides is 3. The molecular weight excluding hydrogens is 278 g/mol. The number of pyridine rings is 1. The molecule has 4 nitrogen and oxygen atoms in total. The van der Waals surface area contributed by atoms with Gasteiger partial charge in [0, 0.05) is 11.8 Å². The smallest absolute Gasteiger partial charge is 0.376 e. The average Bonchev–Trinajstić information content (AvgIpc) is 2.25. The van der Waals surface area contributed by atoms with Gasteiger partial charge < -0.3 is 4.18 Å². The molecule has 0 fully saturated rings. The van der Waals surface area contributed by atoms with Crippen LogP contribution in [0.1, 0.15) is 12.5 Å². The molecule has 1 aromatic heterocycles. The monoisotopic (exact) mass is 285 g/mol. The molecule has 1 rings (SSSR count). The molecule has 0 aliphatic carbocycles. The van der Waals surface area contributed by atoms with Crippen molar-refractivity contribution in [1.82, 2.24) is 4.98 Å². The van der Waals surface area contributed by atoms with E-state index in [1.165, 1.54) is 6.92 Å². The Morgan fingerprint density at radius 1 is 1.39 bits per heavy atom. The van der Waals surface area contributed by atoms with Gasteiger partial charge in [0.05, 0.1) is 0 Å². The summed E-state index contributed by atoms with van der Waals surface area (Å²) in [7, 11) is -5.76. The largest absolute Gasteiger partial charge is 0.534 e. The molecule has 0 aliphatic heterocycles. The lowest BCUT2D eigenvalue weighted by atomic mass is 10.2. The fraction of sp³-hybridized carbons (Fsp3) is 0.222. The molecule has 100 valence electrons. The highest BCUT2D eigenvalue weighted by atomic mass is 32.2. The summed E-state index contributed by atoms with van der Waals surface area (Å²) in [6.07, 6.45) is 1.86. The Kier molecular flexibility index (Phi) is 3.95. The van der Waals surface area contributed by atoms with E-state index in [1.54, 1.807) is 0 Å². The Hall–Kier alpha value is -1.64. The van der Waals surface area contributed by atoms with Crippen molar-refractivity contribution in [2.24, 2.45) is 0 Å². The number of halogens is 4. The van der Waals surface area contributed by atoms with Gasteiger partial charge in [-0.3, -0.25) is 0 Å². The molecule has 0 atom stereocenters. The summed E-state index contributed by atoms with van der Waals surface area (Å²) in [6, 6.07) is 1.91. The maximum absolute atomic E-state index is 12.5. The molecule has 0 aliphatic rings. The normalized spacial score (nSPS) is 13.5. The standard InChI is InChI=1S/C9H7F4NO3S/c1-2-7(6-3-4-8(10)14-5-6)17-18(15,16)9(11,12)13/h2-5H,1H3/b7-2+. The second-order valence-electron chi connectivity index (χ2n) is 3.01. The van der Waals surface area contributed by atoms with Crippen LogP contribution in [-0.4, -0.2) is 18.9 Å². The molecule has 0 aromatic carbocycles. The molecule has 1 aromatic rings. The average molecular weight is 285 g/mol. The molecule has 0 amide bonds. The van der Waals surface area contributed by atoms with Crippen LogP contribution in [0.4, 0.5) is 17.6 Å². The third-order valence-corrected chi connectivity index (χ3v) is 2.72. The minimum absolute atomic E-state index is 0.0910. The molecule has 0 spiro atoms. The van der Waals surface area contributed by atoms with Crippen LogP contribution in [0.5, 0.6) is 0 Å². The summed E-state index contributed by atoms with van der Waals surface area (Å²) in [5.74, 6) is -1.44. The van der Waals surface area contributed by atoms with Crippen LogP contribution in [-0.2, 0) is 14.3 Å². The highest BCUT2D eigenvalue weighted by molar-refractivity contribution is 7.87. The van der Waals surface area contributed by atoms with Crippen LogP contribution in [0.25, 0.3) is 5.76 Å². The predicted octanol–water partition coefficient (Wildman–Crippen LogP) is 2.45. The molecule has 1 heterocycles. The number of aromatic nitrogens is 1. The summed E-state index contributed by atoms with van der Waals surface area (Å²) in [6.45, 7) is 1.27. The number of nitrogens with zero attached hydrogens (tertiary/aromatic N) is 1. The van der Waals surface area contributed by atoms with Crippen molar-refractivity contribution in [3.05, 3.63) is 35.9 Å². The lowest BCUT2D eigenvalue weighted by Gasteiger charge is -2.11. The summed E-state index contributed by atoms with van der Waals surface area (Å²) in [4.78, 5) is 3.18. The maximum Gasteiger partial charge on any atom is 0.534 e. The quantitative estimate of drug-likeness (QED) is 0.281. The SMILES string of the molecule is C/C=C(/OS(=O)(=O)C(F)(F)F)c1ccc(F)nc1. The second kappa shape index (κ2) is 4.92. The van der Waals surface area contributed by atoms with Crippen molar-refractivity contribution in [1.29, 1.82) is 0 Å². The topological polar surface area (TPSA) is 56.3 Å². The van der Waals surface area contributed by atoms with Gasteiger partial charge in [0.1, 0.15) is 5.76 Å². The van der Waals surface area contributed by atoms with Gasteiger partial charge >= 0.3 is 15.6 Å². The van der Waals surface area contributed by atoms with Crippen LogP contribution in [0.2, 0.25) is 0 Å². The molecule has 9 heteroatoms. The zero-order valence-electron chi connectivity index (χ0n) is 8.90. The van der Waals surface area contributed by atoms with E-state index < -0.39 is 27.3 Å². The predicted molar refractivity (Wildman–Crippen MR) is 53.9 cm³/mol. The Morgan fingerprint density at radius 2 is 2.00 bits per heavy atom. The highest BCUT2D eigenvalue weighted by Crippen LogP contribution is 2.29. The maximum atomic E-state index is 12.5. The van der Waals surface area contributed by atoms with Gasteiger partial charge in [-0.2, -0.15) is 26.0 Å². The van der Waals surface area contributed by atoms with Gasteiger partial charge in [-0.15, -0.1) is 0 Å². The zero-order valence-corrected chi connectivity index (χ0v) is 9.72. The minimum atomic E-state index is -5.76. The van der Waals surface area contributed by atoms with Crippen LogP contribution in [0.3, 0.4) is 0 Å². The first-order chi connectivity index (χ1) is 8.17. The van der Waals surface area contributed by atoms with E-state index >= 15 is 0 Å². The minimum Gasteiger partial charge on any atom is -0.376 e. The lowest BCUT2D eigenvalue weighted by Crippen LogP contribution is -2.25. The number of allylic oxidation sites excluding steroid dienone is 1. The number of rotatable bonds is 3. The third kappa shape index (κ3) is 3.19. The molecule has 18 heavy (non-hydrogen) atoms. The molecule has 0 saturated carbocycles. The summed E-state index contributed by atoms with van der Waals surface area (Å²) < 4.78 is 74.3. The number of hydrogen-bond donors (Lipinski definition) is 0. The first-order valence-corrected chi connectivity index (χ1v) is 5.87. The van der Waals surface area contributed by atoms with E-state index in [-0.39, 0.29) is 5.56 Å². The van der Waals surface area contributed by atoms with Crippen molar-refractivity contribution in [2.75, 3.05) is 0 Å². The molecule has 0 bridgehead atoms.